The first-order valence-corrected chi connectivity index (χ1v) is 3.21. The van der Waals surface area contributed by atoms with E-state index in [2.05, 4.69) is 16.6 Å². The number of hydrogen-bond acceptors (Lipinski definition) is 4. The van der Waals surface area contributed by atoms with Gasteiger partial charge in [0.15, 0.2) is 0 Å². The largest absolute Gasteiger partial charge is 0.368 e. The fraction of sp³-hybridized carbons (Fsp3) is 0.500. The molecule has 0 radical (unpaired) electrons. The van der Waals surface area contributed by atoms with Gasteiger partial charge >= 0.3 is 0 Å². The smallest absolute Gasteiger partial charge is 0.240 e. The normalized spacial score (nSPS) is 11.3. The molecule has 0 aliphatic heterocycles. The second kappa shape index (κ2) is 5.09. The van der Waals surface area contributed by atoms with Crippen LogP contribution < -0.4 is 11.2 Å². The number of hydrogen-bond donors (Lipinski definition) is 2. The number of carbonyl (C=O) groups excluding carboxylic acids is 1. The van der Waals surface area contributed by atoms with Gasteiger partial charge in [-0.25, -0.2) is 0 Å². The zero-order chi connectivity index (χ0) is 9.56. The van der Waals surface area contributed by atoms with E-state index in [9.17, 15) is 9.70 Å². The van der Waals surface area contributed by atoms with Crippen LogP contribution in [0.2, 0.25) is 0 Å². The van der Waals surface area contributed by atoms with Crippen molar-refractivity contribution in [3.8, 4) is 12.3 Å². The van der Waals surface area contributed by atoms with Crippen molar-refractivity contribution < 1.29 is 4.79 Å². The van der Waals surface area contributed by atoms with E-state index in [1.807, 2.05) is 0 Å². The second-order valence-corrected chi connectivity index (χ2v) is 2.12. The molecule has 0 aromatic carbocycles. The molecule has 0 fully saturated rings. The SMILES string of the molecule is C#CC(C)NN(CC(N)=O)N=O. The molecule has 6 nitrogen and oxygen atoms in total. The fourth-order valence-electron chi connectivity index (χ4n) is 0.506. The number of amides is 1. The molecule has 0 aliphatic carbocycles. The number of nitroso groups, excluding NO2 is 1. The summed E-state index contributed by atoms with van der Waals surface area (Å²) < 4.78 is 0. The molecule has 0 aromatic heterocycles. The minimum Gasteiger partial charge on any atom is -0.368 e. The van der Waals surface area contributed by atoms with Gasteiger partial charge in [0.2, 0.25) is 5.91 Å². The van der Waals surface area contributed by atoms with Gasteiger partial charge in [-0.2, -0.15) is 10.5 Å². The lowest BCUT2D eigenvalue weighted by molar-refractivity contribution is -0.120. The summed E-state index contributed by atoms with van der Waals surface area (Å²) in [5, 5.41) is 3.25. The Labute approximate surface area is 70.0 Å². The molecule has 1 unspecified atom stereocenters. The Morgan fingerprint density at radius 3 is 2.83 bits per heavy atom. The highest BCUT2D eigenvalue weighted by Gasteiger charge is 2.08. The van der Waals surface area contributed by atoms with Crippen molar-refractivity contribution in [2.45, 2.75) is 13.0 Å². The van der Waals surface area contributed by atoms with Crippen LogP contribution in [0, 0.1) is 17.3 Å². The summed E-state index contributed by atoms with van der Waals surface area (Å²) in [5.74, 6) is 1.64. The quantitative estimate of drug-likeness (QED) is 0.314. The lowest BCUT2D eigenvalue weighted by Crippen LogP contribution is -2.43. The standard InChI is InChI=1S/C6H10N4O2/c1-3-5(2)8-10(9-12)4-6(7)11/h1,5,8H,4H2,2H3,(H2,7,11). The molecule has 3 N–H and O–H groups in total. The predicted octanol–water partition coefficient (Wildman–Crippen LogP) is -1.02. The van der Waals surface area contributed by atoms with Gasteiger partial charge in [0.1, 0.15) is 6.54 Å². The van der Waals surface area contributed by atoms with Gasteiger partial charge in [-0.05, 0) is 6.92 Å². The van der Waals surface area contributed by atoms with E-state index in [1.165, 1.54) is 0 Å². The monoisotopic (exact) mass is 170 g/mol. The maximum absolute atomic E-state index is 10.3. The van der Waals surface area contributed by atoms with Gasteiger partial charge in [0.25, 0.3) is 0 Å². The lowest BCUT2D eigenvalue weighted by Gasteiger charge is -2.16. The van der Waals surface area contributed by atoms with Crippen LogP contribution in [0.25, 0.3) is 0 Å². The average molecular weight is 170 g/mol. The number of carbonyl (C=O) groups is 1. The summed E-state index contributed by atoms with van der Waals surface area (Å²) in [7, 11) is 0. The summed E-state index contributed by atoms with van der Waals surface area (Å²) in [6, 6.07) is -0.373. The maximum Gasteiger partial charge on any atom is 0.240 e. The molecule has 0 heterocycles. The Morgan fingerprint density at radius 2 is 2.50 bits per heavy atom. The number of hydrazine groups is 1. The number of primary amides is 1. The van der Waals surface area contributed by atoms with Crippen LogP contribution in [0.1, 0.15) is 6.92 Å². The molecule has 0 aliphatic rings. The predicted molar refractivity (Wildman–Crippen MR) is 43.1 cm³/mol. The van der Waals surface area contributed by atoms with E-state index in [0.29, 0.717) is 0 Å². The number of nitrogens with zero attached hydrogens (tertiary/aromatic N) is 2. The molecule has 0 aromatic rings. The van der Waals surface area contributed by atoms with Crippen LogP contribution in [-0.4, -0.2) is 23.6 Å². The summed E-state index contributed by atoms with van der Waals surface area (Å²) in [4.78, 5) is 20.4. The van der Waals surface area contributed by atoms with Gasteiger partial charge in [-0.1, -0.05) is 5.92 Å². The maximum atomic E-state index is 10.3. The van der Waals surface area contributed by atoms with E-state index >= 15 is 0 Å². The summed E-state index contributed by atoms with van der Waals surface area (Å²) >= 11 is 0. The van der Waals surface area contributed by atoms with Gasteiger partial charge in [0.05, 0.1) is 11.3 Å². The Hall–Kier alpha value is -1.61. The third-order valence-corrected chi connectivity index (χ3v) is 0.997. The molecule has 1 atom stereocenters. The van der Waals surface area contributed by atoms with Crippen molar-refractivity contribution in [2.75, 3.05) is 6.54 Å². The topological polar surface area (TPSA) is 87.8 Å². The third-order valence-electron chi connectivity index (χ3n) is 0.997. The van der Waals surface area contributed by atoms with Crippen LogP contribution in [0.4, 0.5) is 0 Å². The van der Waals surface area contributed by atoms with Crippen LogP contribution in [0.3, 0.4) is 0 Å². The molecular weight excluding hydrogens is 160 g/mol. The molecular formula is C6H10N4O2. The summed E-state index contributed by atoms with van der Waals surface area (Å²) in [5.41, 5.74) is 7.28. The molecule has 0 saturated carbocycles. The van der Waals surface area contributed by atoms with E-state index in [4.69, 9.17) is 12.2 Å². The van der Waals surface area contributed by atoms with E-state index in [0.717, 1.165) is 5.12 Å². The number of nitrogens with one attached hydrogen (secondary N) is 1. The zero-order valence-electron chi connectivity index (χ0n) is 6.65. The van der Waals surface area contributed by atoms with E-state index in [1.54, 1.807) is 6.92 Å². The molecule has 0 bridgehead atoms. The van der Waals surface area contributed by atoms with Crippen molar-refractivity contribution in [2.24, 2.45) is 11.0 Å². The minimum atomic E-state index is -0.661. The first-order chi connectivity index (χ1) is 5.60. The lowest BCUT2D eigenvalue weighted by atomic mass is 10.4. The summed E-state index contributed by atoms with van der Waals surface area (Å²) in [6.07, 6.45) is 5.01. The third kappa shape index (κ3) is 4.24. The number of terminal acetylenes is 1. The zero-order valence-corrected chi connectivity index (χ0v) is 6.65. The minimum absolute atomic E-state index is 0.296. The Kier molecular flexibility index (Phi) is 4.41. The molecule has 0 spiro atoms. The molecule has 12 heavy (non-hydrogen) atoms. The molecule has 1 amide bonds. The molecule has 0 rings (SSSR count). The Morgan fingerprint density at radius 1 is 1.92 bits per heavy atom. The summed E-state index contributed by atoms with van der Waals surface area (Å²) in [6.45, 7) is 1.34. The fourth-order valence-corrected chi connectivity index (χ4v) is 0.506. The van der Waals surface area contributed by atoms with Gasteiger partial charge in [-0.3, -0.25) is 4.79 Å². The molecule has 6 heteroatoms. The molecule has 66 valence electrons. The molecule has 0 saturated heterocycles. The highest BCUT2D eigenvalue weighted by atomic mass is 16.3. The van der Waals surface area contributed by atoms with Crippen LogP contribution in [-0.2, 0) is 4.79 Å². The van der Waals surface area contributed by atoms with Crippen LogP contribution in [0.5, 0.6) is 0 Å². The van der Waals surface area contributed by atoms with Crippen molar-refractivity contribution >= 4 is 5.91 Å². The number of rotatable bonds is 5. The first-order valence-electron chi connectivity index (χ1n) is 3.21. The van der Waals surface area contributed by atoms with Gasteiger partial charge < -0.3 is 5.73 Å². The highest BCUT2D eigenvalue weighted by molar-refractivity contribution is 5.75. The van der Waals surface area contributed by atoms with Crippen LogP contribution >= 0.6 is 0 Å². The van der Waals surface area contributed by atoms with Crippen molar-refractivity contribution in [1.82, 2.24) is 10.5 Å². The number of nitrogens with two attached hydrogens (primary N) is 1. The Balaban J connectivity index is 3.92. The van der Waals surface area contributed by atoms with Crippen molar-refractivity contribution in [1.29, 1.82) is 0 Å². The Bertz CT molecular complexity index is 210. The van der Waals surface area contributed by atoms with Crippen molar-refractivity contribution in [3.05, 3.63) is 4.91 Å². The highest BCUT2D eigenvalue weighted by Crippen LogP contribution is 1.85. The van der Waals surface area contributed by atoms with E-state index < -0.39 is 5.91 Å². The van der Waals surface area contributed by atoms with Crippen LogP contribution in [0.15, 0.2) is 5.29 Å². The first kappa shape index (κ1) is 10.4. The van der Waals surface area contributed by atoms with Gasteiger partial charge in [0, 0.05) is 0 Å². The van der Waals surface area contributed by atoms with Crippen molar-refractivity contribution in [3.63, 3.8) is 0 Å². The average Bonchev–Trinajstić information content (AvgIpc) is 2.02. The second-order valence-electron chi connectivity index (χ2n) is 2.12. The van der Waals surface area contributed by atoms with Gasteiger partial charge in [-0.15, -0.1) is 11.3 Å². The van der Waals surface area contributed by atoms with E-state index in [-0.39, 0.29) is 12.6 Å².